The van der Waals surface area contributed by atoms with Gasteiger partial charge in [0.1, 0.15) is 5.60 Å². The molecule has 19 heavy (non-hydrogen) atoms. The Morgan fingerprint density at radius 2 is 2.58 bits per heavy atom. The number of aryl methyl sites for hydroxylation is 1. The van der Waals surface area contributed by atoms with Crippen molar-refractivity contribution in [3.8, 4) is 0 Å². The Morgan fingerprint density at radius 1 is 1.63 bits per heavy atom. The zero-order valence-corrected chi connectivity index (χ0v) is 11.7. The number of fused-ring (bicyclic) bond motifs is 1. The number of rotatable bonds is 4. The lowest BCUT2D eigenvalue weighted by atomic mass is 10.1. The van der Waals surface area contributed by atoms with E-state index in [0.29, 0.717) is 32.8 Å². The number of ether oxygens (including phenoxy) is 1. The van der Waals surface area contributed by atoms with E-state index in [1.54, 1.807) is 11.8 Å². The molecule has 0 radical (unpaired) electrons. The van der Waals surface area contributed by atoms with E-state index in [2.05, 4.69) is 26.4 Å². The van der Waals surface area contributed by atoms with Crippen LogP contribution in [-0.2, 0) is 17.8 Å². The van der Waals surface area contributed by atoms with E-state index in [1.165, 1.54) is 0 Å². The van der Waals surface area contributed by atoms with Crippen molar-refractivity contribution in [3.63, 3.8) is 0 Å². The fourth-order valence-electron chi connectivity index (χ4n) is 2.36. The van der Waals surface area contributed by atoms with E-state index in [1.807, 2.05) is 0 Å². The summed E-state index contributed by atoms with van der Waals surface area (Å²) in [4.78, 5) is 4.55. The van der Waals surface area contributed by atoms with Crippen LogP contribution in [0.4, 0.5) is 0 Å². The molecular formula is C12H20N4O2S. The highest BCUT2D eigenvalue weighted by Crippen LogP contribution is 2.24. The van der Waals surface area contributed by atoms with Gasteiger partial charge in [0.05, 0.1) is 18.9 Å². The molecule has 2 aliphatic heterocycles. The fraction of sp³-hybridized carbons (Fsp3) is 0.750. The standard InChI is InChI=1S/C12H20N4O2S/c17-12(7-13-1-3-18-9-12)8-14-5-10-6-16-2-4-19-11(16)15-10/h6,13-14,17H,1-5,7-9H2. The molecule has 2 aliphatic rings. The highest BCUT2D eigenvalue weighted by atomic mass is 32.2. The monoisotopic (exact) mass is 284 g/mol. The molecular weight excluding hydrogens is 264 g/mol. The summed E-state index contributed by atoms with van der Waals surface area (Å²) >= 11 is 1.80. The quantitative estimate of drug-likeness (QED) is 0.688. The van der Waals surface area contributed by atoms with Gasteiger partial charge >= 0.3 is 0 Å². The number of aromatic nitrogens is 2. The van der Waals surface area contributed by atoms with Gasteiger partial charge in [-0.15, -0.1) is 0 Å². The van der Waals surface area contributed by atoms with Gasteiger partial charge in [0.15, 0.2) is 5.16 Å². The first kappa shape index (κ1) is 13.4. The molecule has 3 heterocycles. The molecule has 1 aromatic rings. The van der Waals surface area contributed by atoms with E-state index >= 15 is 0 Å². The summed E-state index contributed by atoms with van der Waals surface area (Å²) in [5.41, 5.74) is 0.210. The molecule has 1 saturated heterocycles. The van der Waals surface area contributed by atoms with Gasteiger partial charge in [-0.2, -0.15) is 0 Å². The summed E-state index contributed by atoms with van der Waals surface area (Å²) in [6.07, 6.45) is 2.09. The summed E-state index contributed by atoms with van der Waals surface area (Å²) in [5.74, 6) is 1.12. The number of imidazole rings is 1. The Kier molecular flexibility index (Phi) is 4.09. The smallest absolute Gasteiger partial charge is 0.168 e. The molecule has 0 spiro atoms. The molecule has 0 bridgehead atoms. The third kappa shape index (κ3) is 3.29. The zero-order valence-electron chi connectivity index (χ0n) is 10.9. The summed E-state index contributed by atoms with van der Waals surface area (Å²) in [5, 5.41) is 17.9. The maximum atomic E-state index is 10.4. The van der Waals surface area contributed by atoms with Gasteiger partial charge in [-0.1, -0.05) is 11.8 Å². The minimum Gasteiger partial charge on any atom is -0.385 e. The molecule has 1 fully saturated rings. The highest BCUT2D eigenvalue weighted by Gasteiger charge is 2.28. The molecule has 106 valence electrons. The van der Waals surface area contributed by atoms with Crippen molar-refractivity contribution in [1.82, 2.24) is 20.2 Å². The van der Waals surface area contributed by atoms with Crippen LogP contribution in [0.15, 0.2) is 11.4 Å². The SMILES string of the molecule is OC1(CNCc2cn3c(n2)SCC3)CNCCOC1. The van der Waals surface area contributed by atoms with E-state index in [9.17, 15) is 5.11 Å². The lowest BCUT2D eigenvalue weighted by Gasteiger charge is -2.25. The molecule has 3 rings (SSSR count). The number of nitrogens with zero attached hydrogens (tertiary/aromatic N) is 2. The molecule has 0 saturated carbocycles. The minimum atomic E-state index is -0.826. The van der Waals surface area contributed by atoms with Gasteiger partial charge < -0.3 is 25.0 Å². The van der Waals surface area contributed by atoms with Crippen LogP contribution in [0.1, 0.15) is 5.69 Å². The lowest BCUT2D eigenvalue weighted by Crippen LogP contribution is -2.50. The lowest BCUT2D eigenvalue weighted by molar-refractivity contribution is -0.0264. The first-order chi connectivity index (χ1) is 9.25. The topological polar surface area (TPSA) is 71.3 Å². The van der Waals surface area contributed by atoms with Crippen LogP contribution in [0.3, 0.4) is 0 Å². The largest absolute Gasteiger partial charge is 0.385 e. The molecule has 7 heteroatoms. The second-order valence-electron chi connectivity index (χ2n) is 5.11. The van der Waals surface area contributed by atoms with Crippen LogP contribution in [-0.4, -0.2) is 58.9 Å². The first-order valence-corrected chi connectivity index (χ1v) is 7.64. The fourth-order valence-corrected chi connectivity index (χ4v) is 3.32. The van der Waals surface area contributed by atoms with Gasteiger partial charge in [-0.25, -0.2) is 4.98 Å². The number of hydrogen-bond donors (Lipinski definition) is 3. The van der Waals surface area contributed by atoms with Gasteiger partial charge in [0.25, 0.3) is 0 Å². The molecule has 1 atom stereocenters. The highest BCUT2D eigenvalue weighted by molar-refractivity contribution is 7.99. The molecule has 0 aromatic carbocycles. The third-order valence-electron chi connectivity index (χ3n) is 3.36. The summed E-state index contributed by atoms with van der Waals surface area (Å²) in [6.45, 7) is 4.64. The van der Waals surface area contributed by atoms with E-state index < -0.39 is 5.60 Å². The maximum Gasteiger partial charge on any atom is 0.168 e. The molecule has 1 unspecified atom stereocenters. The number of hydrogen-bond acceptors (Lipinski definition) is 6. The molecule has 6 nitrogen and oxygen atoms in total. The van der Waals surface area contributed by atoms with Crippen molar-refractivity contribution in [2.24, 2.45) is 0 Å². The predicted molar refractivity (Wildman–Crippen MR) is 73.3 cm³/mol. The van der Waals surface area contributed by atoms with Crippen molar-refractivity contribution >= 4 is 11.8 Å². The Balaban J connectivity index is 1.49. The Bertz CT molecular complexity index is 408. The second-order valence-corrected chi connectivity index (χ2v) is 6.18. The van der Waals surface area contributed by atoms with Gasteiger partial charge in [-0.3, -0.25) is 0 Å². The van der Waals surface area contributed by atoms with Crippen molar-refractivity contribution in [2.75, 3.05) is 38.6 Å². The molecule has 3 N–H and O–H groups in total. The molecule has 1 aromatic heterocycles. The Labute approximate surface area is 116 Å². The maximum absolute atomic E-state index is 10.4. The van der Waals surface area contributed by atoms with Crippen LogP contribution >= 0.6 is 11.8 Å². The molecule has 0 aliphatic carbocycles. The van der Waals surface area contributed by atoms with Gasteiger partial charge in [0.2, 0.25) is 0 Å². The minimum absolute atomic E-state index is 0.378. The van der Waals surface area contributed by atoms with Crippen LogP contribution in [0, 0.1) is 0 Å². The van der Waals surface area contributed by atoms with Gasteiger partial charge in [0, 0.05) is 44.7 Å². The van der Waals surface area contributed by atoms with E-state index in [-0.39, 0.29) is 0 Å². The second kappa shape index (κ2) is 5.80. The normalized spacial score (nSPS) is 27.2. The summed E-state index contributed by atoms with van der Waals surface area (Å²) < 4.78 is 7.57. The van der Waals surface area contributed by atoms with Gasteiger partial charge in [-0.05, 0) is 0 Å². The van der Waals surface area contributed by atoms with Crippen molar-refractivity contribution < 1.29 is 9.84 Å². The van der Waals surface area contributed by atoms with Crippen LogP contribution in [0.2, 0.25) is 0 Å². The van der Waals surface area contributed by atoms with Crippen LogP contribution in [0.5, 0.6) is 0 Å². The number of β-amino-alcohol motifs (C(OH)–C–C–N with tert-alkyl or cyclic N) is 1. The number of nitrogens with one attached hydrogen (secondary N) is 2. The average Bonchev–Trinajstić information content (AvgIpc) is 2.88. The Hall–Kier alpha value is -0.600. The van der Waals surface area contributed by atoms with Crippen molar-refractivity contribution in [3.05, 3.63) is 11.9 Å². The third-order valence-corrected chi connectivity index (χ3v) is 4.33. The van der Waals surface area contributed by atoms with E-state index in [4.69, 9.17) is 4.74 Å². The van der Waals surface area contributed by atoms with Crippen molar-refractivity contribution in [1.29, 1.82) is 0 Å². The van der Waals surface area contributed by atoms with Crippen LogP contribution < -0.4 is 10.6 Å². The summed E-state index contributed by atoms with van der Waals surface area (Å²) in [6, 6.07) is 0. The first-order valence-electron chi connectivity index (χ1n) is 6.66. The predicted octanol–water partition coefficient (Wildman–Crippen LogP) is -0.571. The Morgan fingerprint density at radius 3 is 3.47 bits per heavy atom. The average molecular weight is 284 g/mol. The van der Waals surface area contributed by atoms with E-state index in [0.717, 1.165) is 29.7 Å². The van der Waals surface area contributed by atoms with Crippen molar-refractivity contribution in [2.45, 2.75) is 23.8 Å². The zero-order chi connectivity index (χ0) is 13.1. The molecule has 0 amide bonds. The number of aliphatic hydroxyl groups is 1. The number of thioether (sulfide) groups is 1. The summed E-state index contributed by atoms with van der Waals surface area (Å²) in [7, 11) is 0. The van der Waals surface area contributed by atoms with Crippen LogP contribution in [0.25, 0.3) is 0 Å².